The van der Waals surface area contributed by atoms with Crippen molar-refractivity contribution in [3.8, 4) is 0 Å². The van der Waals surface area contributed by atoms with Crippen molar-refractivity contribution in [2.45, 2.75) is 24.2 Å². The summed E-state index contributed by atoms with van der Waals surface area (Å²) >= 11 is 7.01. The van der Waals surface area contributed by atoms with E-state index in [1.807, 2.05) is 31.2 Å². The summed E-state index contributed by atoms with van der Waals surface area (Å²) in [6.07, 6.45) is 0. The molecule has 0 saturated heterocycles. The van der Waals surface area contributed by atoms with Crippen molar-refractivity contribution < 1.29 is 8.42 Å². The summed E-state index contributed by atoms with van der Waals surface area (Å²) in [6, 6.07) is 10.7. The first kappa shape index (κ1) is 18.7. The fraction of sp³-hybridized carbons (Fsp3) is 0.267. The molecule has 0 aliphatic heterocycles. The molecule has 24 heavy (non-hydrogen) atoms. The minimum Gasteiger partial charge on any atom is -0.357 e. The van der Waals surface area contributed by atoms with E-state index in [0.717, 1.165) is 28.3 Å². The van der Waals surface area contributed by atoms with Gasteiger partial charge < -0.3 is 10.6 Å². The van der Waals surface area contributed by atoms with Crippen LogP contribution in [-0.2, 0) is 23.1 Å². The predicted octanol–water partition coefficient (Wildman–Crippen LogP) is 2.30. The van der Waals surface area contributed by atoms with Crippen molar-refractivity contribution in [3.63, 3.8) is 0 Å². The van der Waals surface area contributed by atoms with E-state index in [0.29, 0.717) is 24.1 Å². The summed E-state index contributed by atoms with van der Waals surface area (Å²) in [4.78, 5) is 5.35. The molecule has 1 heterocycles. The lowest BCUT2D eigenvalue weighted by atomic mass is 10.2. The van der Waals surface area contributed by atoms with Crippen LogP contribution in [-0.4, -0.2) is 20.9 Å². The van der Waals surface area contributed by atoms with E-state index >= 15 is 0 Å². The number of primary sulfonamides is 1. The standard InChI is InChI=1S/C15H19ClN4O2S2/c1-2-18-15(19-9-11-3-5-12(16)6-4-11)20-10-13-7-8-14(23-13)24(17,21)22/h3-8H,2,9-10H2,1H3,(H2,17,21,22)(H2,18,19,20). The average Bonchev–Trinajstić information content (AvgIpc) is 3.01. The molecule has 130 valence electrons. The lowest BCUT2D eigenvalue weighted by Gasteiger charge is -2.10. The molecule has 1 aromatic heterocycles. The van der Waals surface area contributed by atoms with E-state index < -0.39 is 10.0 Å². The van der Waals surface area contributed by atoms with Gasteiger partial charge in [-0.3, -0.25) is 0 Å². The molecule has 0 aliphatic carbocycles. The van der Waals surface area contributed by atoms with Gasteiger partial charge in [0.1, 0.15) is 4.21 Å². The molecule has 0 bridgehead atoms. The molecule has 1 aromatic carbocycles. The lowest BCUT2D eigenvalue weighted by molar-refractivity contribution is 0.600. The fourth-order valence-corrected chi connectivity index (χ4v) is 3.72. The summed E-state index contributed by atoms with van der Waals surface area (Å²) in [5.74, 6) is 0.651. The quantitative estimate of drug-likeness (QED) is 0.524. The zero-order valence-corrected chi connectivity index (χ0v) is 15.5. The number of nitrogens with one attached hydrogen (secondary N) is 2. The minimum atomic E-state index is -3.65. The zero-order valence-electron chi connectivity index (χ0n) is 13.1. The van der Waals surface area contributed by atoms with Gasteiger partial charge in [0.15, 0.2) is 5.96 Å². The van der Waals surface area contributed by atoms with Crippen LogP contribution in [0.4, 0.5) is 0 Å². The van der Waals surface area contributed by atoms with E-state index in [-0.39, 0.29) is 4.21 Å². The number of hydrogen-bond donors (Lipinski definition) is 3. The molecule has 4 N–H and O–H groups in total. The largest absolute Gasteiger partial charge is 0.357 e. The van der Waals surface area contributed by atoms with Crippen LogP contribution in [0.25, 0.3) is 0 Å². The van der Waals surface area contributed by atoms with Crippen molar-refractivity contribution in [2.75, 3.05) is 6.54 Å². The number of sulfonamides is 1. The van der Waals surface area contributed by atoms with E-state index in [2.05, 4.69) is 15.6 Å². The van der Waals surface area contributed by atoms with Crippen LogP contribution in [0, 0.1) is 0 Å². The molecule has 0 aliphatic rings. The van der Waals surface area contributed by atoms with E-state index in [1.54, 1.807) is 6.07 Å². The Bertz CT molecular complexity index is 801. The molecule has 9 heteroatoms. The number of rotatable bonds is 6. The molecule has 0 atom stereocenters. The van der Waals surface area contributed by atoms with E-state index in [1.165, 1.54) is 6.07 Å². The van der Waals surface area contributed by atoms with Gasteiger partial charge in [-0.2, -0.15) is 0 Å². The Morgan fingerprint density at radius 3 is 2.50 bits per heavy atom. The Morgan fingerprint density at radius 2 is 1.92 bits per heavy atom. The smallest absolute Gasteiger partial charge is 0.247 e. The number of aliphatic imine (C=N–C) groups is 1. The maximum absolute atomic E-state index is 11.3. The summed E-state index contributed by atoms with van der Waals surface area (Å²) in [6.45, 7) is 3.68. The number of nitrogens with zero attached hydrogens (tertiary/aromatic N) is 1. The Morgan fingerprint density at radius 1 is 1.21 bits per heavy atom. The number of benzene rings is 1. The van der Waals surface area contributed by atoms with Gasteiger partial charge in [0.2, 0.25) is 10.0 Å². The maximum atomic E-state index is 11.3. The van der Waals surface area contributed by atoms with Crippen molar-refractivity contribution in [2.24, 2.45) is 10.1 Å². The summed E-state index contributed by atoms with van der Waals surface area (Å²) in [5, 5.41) is 12.1. The highest BCUT2D eigenvalue weighted by atomic mass is 35.5. The van der Waals surface area contributed by atoms with Gasteiger partial charge >= 0.3 is 0 Å². The molecular weight excluding hydrogens is 368 g/mol. The third kappa shape index (κ3) is 5.79. The molecule has 0 spiro atoms. The highest BCUT2D eigenvalue weighted by molar-refractivity contribution is 7.91. The number of hydrogen-bond acceptors (Lipinski definition) is 4. The van der Waals surface area contributed by atoms with Crippen molar-refractivity contribution in [1.82, 2.24) is 10.6 Å². The van der Waals surface area contributed by atoms with Crippen molar-refractivity contribution >= 4 is 38.9 Å². The van der Waals surface area contributed by atoms with Gasteiger partial charge in [0, 0.05) is 16.4 Å². The lowest BCUT2D eigenvalue weighted by Crippen LogP contribution is -2.36. The van der Waals surface area contributed by atoms with Crippen LogP contribution in [0.5, 0.6) is 0 Å². The highest BCUT2D eigenvalue weighted by Gasteiger charge is 2.11. The van der Waals surface area contributed by atoms with Crippen molar-refractivity contribution in [3.05, 3.63) is 51.9 Å². The predicted molar refractivity (Wildman–Crippen MR) is 98.8 cm³/mol. The van der Waals surface area contributed by atoms with Crippen LogP contribution in [0.15, 0.2) is 45.6 Å². The van der Waals surface area contributed by atoms with E-state index in [9.17, 15) is 8.42 Å². The maximum Gasteiger partial charge on any atom is 0.247 e. The average molecular weight is 387 g/mol. The van der Waals surface area contributed by atoms with Gasteiger partial charge in [0.05, 0.1) is 13.1 Å². The Hall–Kier alpha value is -1.61. The normalized spacial score (nSPS) is 12.2. The zero-order chi connectivity index (χ0) is 17.6. The number of thiophene rings is 1. The molecule has 0 amide bonds. The SMILES string of the molecule is CCNC(=NCc1ccc(Cl)cc1)NCc1ccc(S(N)(=O)=O)s1. The van der Waals surface area contributed by atoms with Crippen LogP contribution in [0.1, 0.15) is 17.4 Å². The number of guanidine groups is 1. The van der Waals surface area contributed by atoms with Crippen LogP contribution in [0.2, 0.25) is 5.02 Å². The first-order chi connectivity index (χ1) is 11.4. The van der Waals surface area contributed by atoms with Crippen LogP contribution < -0.4 is 15.8 Å². The first-order valence-corrected chi connectivity index (χ1v) is 10.0. The Balaban J connectivity index is 1.98. The van der Waals surface area contributed by atoms with Crippen LogP contribution in [0.3, 0.4) is 0 Å². The summed E-state index contributed by atoms with van der Waals surface area (Å²) in [7, 11) is -3.65. The molecule has 0 saturated carbocycles. The van der Waals surface area contributed by atoms with Gasteiger partial charge in [-0.05, 0) is 36.8 Å². The highest BCUT2D eigenvalue weighted by Crippen LogP contribution is 2.19. The number of halogens is 1. The van der Waals surface area contributed by atoms with Gasteiger partial charge in [-0.15, -0.1) is 11.3 Å². The topological polar surface area (TPSA) is 96.6 Å². The number of nitrogens with two attached hydrogens (primary N) is 1. The first-order valence-electron chi connectivity index (χ1n) is 7.26. The Labute approximate surface area is 150 Å². The molecular formula is C15H19ClN4O2S2. The molecule has 2 aromatic rings. The second-order valence-corrected chi connectivity index (χ2v) is 8.33. The summed E-state index contributed by atoms with van der Waals surface area (Å²) in [5.41, 5.74) is 1.05. The molecule has 6 nitrogen and oxygen atoms in total. The van der Waals surface area contributed by atoms with Gasteiger partial charge in [0.25, 0.3) is 0 Å². The van der Waals surface area contributed by atoms with Crippen molar-refractivity contribution in [1.29, 1.82) is 0 Å². The van der Waals surface area contributed by atoms with Gasteiger partial charge in [-0.1, -0.05) is 23.7 Å². The fourth-order valence-electron chi connectivity index (χ4n) is 1.88. The summed E-state index contributed by atoms with van der Waals surface area (Å²) < 4.78 is 22.7. The van der Waals surface area contributed by atoms with E-state index in [4.69, 9.17) is 16.7 Å². The third-order valence-electron chi connectivity index (χ3n) is 3.02. The van der Waals surface area contributed by atoms with Gasteiger partial charge in [-0.25, -0.2) is 18.5 Å². The van der Waals surface area contributed by atoms with Crippen LogP contribution >= 0.6 is 22.9 Å². The Kier molecular flexibility index (Phi) is 6.61. The monoisotopic (exact) mass is 386 g/mol. The molecule has 0 fully saturated rings. The molecule has 0 radical (unpaired) electrons. The second-order valence-electron chi connectivity index (χ2n) is 4.94. The molecule has 0 unspecified atom stereocenters. The second kappa shape index (κ2) is 8.48. The minimum absolute atomic E-state index is 0.155. The molecule has 2 rings (SSSR count). The third-order valence-corrected chi connectivity index (χ3v) is 5.80.